The van der Waals surface area contributed by atoms with Crippen molar-refractivity contribution < 1.29 is 4.57 Å². The summed E-state index contributed by atoms with van der Waals surface area (Å²) < 4.78 is 4.42. The first-order chi connectivity index (χ1) is 14.5. The third-order valence-electron chi connectivity index (χ3n) is 5.56. The lowest BCUT2D eigenvalue weighted by atomic mass is 9.93. The minimum Gasteiger partial charge on any atom is -0.225 e. The van der Waals surface area contributed by atoms with Gasteiger partial charge in [-0.15, -0.1) is 0 Å². The maximum absolute atomic E-state index is 5.00. The van der Waals surface area contributed by atoms with Crippen molar-refractivity contribution in [3.05, 3.63) is 65.7 Å². The highest BCUT2D eigenvalue weighted by atomic mass is 15.3. The second-order valence-corrected chi connectivity index (χ2v) is 10.3. The Labute approximate surface area is 184 Å². The molecule has 0 saturated carbocycles. The normalized spacial score (nSPS) is 12.5. The summed E-state index contributed by atoms with van der Waals surface area (Å²) in [6.45, 7) is 15.0. The minimum absolute atomic E-state index is 0.189. The molecule has 0 aliphatic rings. The smallest absolute Gasteiger partial charge is 0.225 e. The number of nitrogens with zero attached hydrogens (tertiary/aromatic N) is 5. The van der Waals surface area contributed by atoms with Crippen LogP contribution in [0.1, 0.15) is 58.8 Å². The molecule has 4 rings (SSSR count). The first-order valence-electron chi connectivity index (χ1n) is 10.8. The summed E-state index contributed by atoms with van der Waals surface area (Å²) in [5, 5.41) is 0. The molecule has 0 aliphatic carbocycles. The van der Waals surface area contributed by atoms with E-state index in [1.807, 2.05) is 0 Å². The molecule has 5 nitrogen and oxygen atoms in total. The summed E-state index contributed by atoms with van der Waals surface area (Å²) in [5.74, 6) is 3.34. The van der Waals surface area contributed by atoms with Crippen molar-refractivity contribution in [1.29, 1.82) is 0 Å². The Morgan fingerprint density at radius 1 is 0.742 bits per heavy atom. The molecule has 4 aromatic rings. The van der Waals surface area contributed by atoms with Gasteiger partial charge in [-0.1, -0.05) is 71.9 Å². The van der Waals surface area contributed by atoms with Gasteiger partial charge in [-0.3, -0.25) is 0 Å². The van der Waals surface area contributed by atoms with Gasteiger partial charge in [-0.2, -0.15) is 14.5 Å². The van der Waals surface area contributed by atoms with Crippen LogP contribution < -0.4 is 4.57 Å². The quantitative estimate of drug-likeness (QED) is 0.423. The molecule has 0 saturated heterocycles. The van der Waals surface area contributed by atoms with Gasteiger partial charge in [-0.05, 0) is 30.7 Å². The second kappa shape index (κ2) is 7.26. The van der Waals surface area contributed by atoms with Gasteiger partial charge in [0.2, 0.25) is 0 Å². The highest BCUT2D eigenvalue weighted by Gasteiger charge is 2.32. The van der Waals surface area contributed by atoms with E-state index in [1.54, 1.807) is 0 Å². The van der Waals surface area contributed by atoms with Gasteiger partial charge in [0.15, 0.2) is 11.0 Å². The second-order valence-electron chi connectivity index (χ2n) is 10.3. The van der Waals surface area contributed by atoms with Crippen LogP contribution in [0.2, 0.25) is 0 Å². The number of aryl methyl sites for hydroxylation is 2. The van der Waals surface area contributed by atoms with E-state index >= 15 is 0 Å². The Bertz CT molecular complexity index is 1240. The lowest BCUT2D eigenvalue weighted by Crippen LogP contribution is -2.31. The molecular formula is C26H32N5+. The molecular weight excluding hydrogens is 382 g/mol. The van der Waals surface area contributed by atoms with Gasteiger partial charge in [0.1, 0.15) is 11.6 Å². The zero-order chi connectivity index (χ0) is 22.6. The minimum atomic E-state index is -0.189. The van der Waals surface area contributed by atoms with Gasteiger partial charge >= 0.3 is 5.95 Å². The summed E-state index contributed by atoms with van der Waals surface area (Å²) in [6.07, 6.45) is 0. The summed E-state index contributed by atoms with van der Waals surface area (Å²) in [7, 11) is 2.11. The van der Waals surface area contributed by atoms with Crippen LogP contribution in [0.25, 0.3) is 28.4 Å². The van der Waals surface area contributed by atoms with Crippen molar-refractivity contribution in [2.24, 2.45) is 7.05 Å². The number of imidazole rings is 1. The monoisotopic (exact) mass is 414 g/mol. The third-order valence-corrected chi connectivity index (χ3v) is 5.56. The number of aromatic nitrogens is 5. The molecule has 0 bridgehead atoms. The van der Waals surface area contributed by atoms with E-state index in [0.29, 0.717) is 5.95 Å². The van der Waals surface area contributed by atoms with E-state index in [4.69, 9.17) is 15.0 Å². The predicted octanol–water partition coefficient (Wildman–Crippen LogP) is 5.21. The summed E-state index contributed by atoms with van der Waals surface area (Å²) in [6, 6.07) is 16.9. The summed E-state index contributed by atoms with van der Waals surface area (Å²) >= 11 is 0. The number of rotatable bonds is 2. The van der Waals surface area contributed by atoms with Crippen LogP contribution in [-0.2, 0) is 17.9 Å². The van der Waals surface area contributed by atoms with Crippen LogP contribution in [0.15, 0.2) is 48.5 Å². The van der Waals surface area contributed by atoms with E-state index in [0.717, 1.165) is 34.1 Å². The first-order valence-corrected chi connectivity index (χ1v) is 10.8. The molecule has 2 aromatic heterocycles. The number of benzene rings is 2. The average molecular weight is 415 g/mol. The zero-order valence-corrected chi connectivity index (χ0v) is 19.9. The Hall–Kier alpha value is -3.08. The third kappa shape index (κ3) is 3.73. The highest BCUT2D eigenvalue weighted by Crippen LogP contribution is 2.30. The average Bonchev–Trinajstić information content (AvgIpc) is 2.99. The molecule has 0 atom stereocenters. The fourth-order valence-electron chi connectivity index (χ4n) is 3.78. The lowest BCUT2D eigenvalue weighted by Gasteiger charge is -2.22. The molecule has 0 aliphatic heterocycles. The summed E-state index contributed by atoms with van der Waals surface area (Å²) in [5.41, 5.74) is 4.21. The van der Waals surface area contributed by atoms with Crippen molar-refractivity contribution in [2.45, 2.75) is 59.3 Å². The van der Waals surface area contributed by atoms with Crippen LogP contribution in [0, 0.1) is 6.92 Å². The van der Waals surface area contributed by atoms with Crippen molar-refractivity contribution >= 4 is 11.0 Å². The van der Waals surface area contributed by atoms with Crippen molar-refractivity contribution in [2.75, 3.05) is 0 Å². The van der Waals surface area contributed by atoms with E-state index in [9.17, 15) is 0 Å². The van der Waals surface area contributed by atoms with Crippen LogP contribution in [0.4, 0.5) is 0 Å². The molecule has 2 aromatic carbocycles. The van der Waals surface area contributed by atoms with Crippen molar-refractivity contribution in [1.82, 2.24) is 19.5 Å². The Balaban J connectivity index is 2.15. The Morgan fingerprint density at radius 3 is 1.87 bits per heavy atom. The van der Waals surface area contributed by atoms with Crippen LogP contribution in [0.5, 0.6) is 0 Å². The van der Waals surface area contributed by atoms with Gasteiger partial charge in [0.25, 0.3) is 5.82 Å². The van der Waals surface area contributed by atoms with Crippen LogP contribution in [0.3, 0.4) is 0 Å². The van der Waals surface area contributed by atoms with E-state index < -0.39 is 0 Å². The number of fused-ring (bicyclic) bond motifs is 1. The zero-order valence-electron chi connectivity index (χ0n) is 19.9. The van der Waals surface area contributed by atoms with Crippen molar-refractivity contribution in [3.63, 3.8) is 0 Å². The molecule has 0 radical (unpaired) electrons. The molecule has 0 amide bonds. The largest absolute Gasteiger partial charge is 0.330 e. The predicted molar refractivity (Wildman–Crippen MR) is 125 cm³/mol. The maximum atomic E-state index is 5.00. The van der Waals surface area contributed by atoms with E-state index in [1.165, 1.54) is 5.56 Å². The molecule has 5 heteroatoms. The molecule has 2 heterocycles. The molecule has 0 fully saturated rings. The van der Waals surface area contributed by atoms with Gasteiger partial charge in [-0.25, -0.2) is 9.55 Å². The van der Waals surface area contributed by atoms with E-state index in [-0.39, 0.29) is 10.8 Å². The van der Waals surface area contributed by atoms with E-state index in [2.05, 4.69) is 113 Å². The fraction of sp³-hybridized carbons (Fsp3) is 0.385. The SMILES string of the molecule is Cc1ccccc1-c1n(-c2nc(C(C)(C)C)nc(C(C)(C)C)n2)c2ccccc2[n+]1C. The number of para-hydroxylation sites is 2. The first kappa shape index (κ1) is 21.2. The standard InChI is InChI=1S/C26H32N5/c1-17-13-9-10-14-18(17)21-30(8)19-15-11-12-16-20(19)31(21)24-28-22(25(2,3)4)27-23(29-24)26(5,6)7/h9-16H,1-8H3/q+1. The van der Waals surface area contributed by atoms with Crippen LogP contribution >= 0.6 is 0 Å². The number of hydrogen-bond acceptors (Lipinski definition) is 3. The highest BCUT2D eigenvalue weighted by molar-refractivity contribution is 5.78. The van der Waals surface area contributed by atoms with Gasteiger partial charge < -0.3 is 0 Å². The maximum Gasteiger partial charge on any atom is 0.330 e. The van der Waals surface area contributed by atoms with Gasteiger partial charge in [0, 0.05) is 10.8 Å². The molecule has 31 heavy (non-hydrogen) atoms. The topological polar surface area (TPSA) is 47.5 Å². The van der Waals surface area contributed by atoms with Crippen LogP contribution in [-0.4, -0.2) is 19.5 Å². The lowest BCUT2D eigenvalue weighted by molar-refractivity contribution is -0.633. The van der Waals surface area contributed by atoms with Gasteiger partial charge in [0.05, 0.1) is 12.6 Å². The molecule has 0 unspecified atom stereocenters. The van der Waals surface area contributed by atoms with Crippen molar-refractivity contribution in [3.8, 4) is 17.3 Å². The summed E-state index contributed by atoms with van der Waals surface area (Å²) in [4.78, 5) is 14.9. The number of hydrogen-bond donors (Lipinski definition) is 0. The fourth-order valence-corrected chi connectivity index (χ4v) is 3.78. The Kier molecular flexibility index (Phi) is 4.95. The Morgan fingerprint density at radius 2 is 1.29 bits per heavy atom. The molecule has 0 N–H and O–H groups in total. The molecule has 160 valence electrons. The molecule has 0 spiro atoms.